The Morgan fingerprint density at radius 1 is 0.625 bits per heavy atom. The van der Waals surface area contributed by atoms with Crippen LogP contribution in [-0.4, -0.2) is 13.4 Å². The molecule has 2 heteroatoms. The van der Waals surface area contributed by atoms with Crippen LogP contribution in [0.3, 0.4) is 0 Å². The van der Waals surface area contributed by atoms with Crippen molar-refractivity contribution in [2.24, 2.45) is 0 Å². The third-order valence-corrected chi connectivity index (χ3v) is 0. The van der Waals surface area contributed by atoms with Crippen LogP contribution in [-0.2, 0) is 0 Å². The van der Waals surface area contributed by atoms with E-state index in [9.17, 15) is 0 Å². The minimum atomic E-state index is 2.00. The van der Waals surface area contributed by atoms with Gasteiger partial charge in [-0.3, -0.25) is 0 Å². The highest BCUT2D eigenvalue weighted by Crippen LogP contribution is 1.15. The normalized spacial score (nSPS) is 2.50. The molecular weight excluding hydrogens is 100 g/mol. The Kier molecular flexibility index (Phi) is 1370. The molecule has 2 N–H and O–H groups in total. The fourth-order valence-corrected chi connectivity index (χ4v) is 0. The van der Waals surface area contributed by atoms with E-state index in [4.69, 9.17) is 10.8 Å². The van der Waals surface area contributed by atoms with Crippen LogP contribution in [0, 0.1) is 10.8 Å². The van der Waals surface area contributed by atoms with Crippen molar-refractivity contribution in [1.29, 1.82) is 10.8 Å². The zero-order chi connectivity index (χ0) is 8.00. The predicted molar refractivity (Wildman–Crippen MR) is 42.4 cm³/mol. The molecule has 0 heterocycles. The van der Waals surface area contributed by atoms with Gasteiger partial charge in [0.2, 0.25) is 0 Å². The van der Waals surface area contributed by atoms with Gasteiger partial charge in [0.25, 0.3) is 0 Å². The van der Waals surface area contributed by atoms with Crippen molar-refractivity contribution in [3.63, 3.8) is 0 Å². The molecule has 0 aromatic carbocycles. The zero-order valence-electron chi connectivity index (χ0n) is 6.41. The first-order valence-electron chi connectivity index (χ1n) is 2.71. The summed E-state index contributed by atoms with van der Waals surface area (Å²) in [5.41, 5.74) is 0. The molecule has 0 unspecified atom stereocenters. The van der Waals surface area contributed by atoms with E-state index in [1.54, 1.807) is 0 Å². The van der Waals surface area contributed by atoms with E-state index in [2.05, 4.69) is 13.4 Å². The van der Waals surface area contributed by atoms with Crippen LogP contribution in [0.5, 0.6) is 0 Å². The molecule has 0 saturated heterocycles. The molecule has 0 rings (SSSR count). The van der Waals surface area contributed by atoms with Gasteiger partial charge in [-0.15, -0.1) is 0 Å². The standard InChI is InChI=1S/2C2H6.2CH3N/c4*1-2/h2*1-2H3;2*2H,1H2. The van der Waals surface area contributed by atoms with Gasteiger partial charge in [0.1, 0.15) is 0 Å². The Hall–Kier alpha value is -0.660. The van der Waals surface area contributed by atoms with Gasteiger partial charge in [0.15, 0.2) is 0 Å². The van der Waals surface area contributed by atoms with Crippen LogP contribution in [0.25, 0.3) is 0 Å². The van der Waals surface area contributed by atoms with Gasteiger partial charge < -0.3 is 10.8 Å². The SMILES string of the molecule is C=N.C=N.CC.CC. The molecule has 0 amide bonds. The monoisotopic (exact) mass is 118 g/mol. The van der Waals surface area contributed by atoms with Crippen molar-refractivity contribution in [2.45, 2.75) is 27.7 Å². The van der Waals surface area contributed by atoms with Crippen molar-refractivity contribution in [3.05, 3.63) is 0 Å². The maximum atomic E-state index is 5.50. The Balaban J connectivity index is -0.0000000133. The smallest absolute Gasteiger partial charge is 0.0187 e. The molecule has 0 bridgehead atoms. The maximum absolute atomic E-state index is 5.50. The predicted octanol–water partition coefficient (Wildman–Crippen LogP) is 2.58. The lowest BCUT2D eigenvalue weighted by molar-refractivity contribution is 1.50. The zero-order valence-corrected chi connectivity index (χ0v) is 6.41. The molecule has 0 aromatic heterocycles. The summed E-state index contributed by atoms with van der Waals surface area (Å²) >= 11 is 0. The molecule has 0 aromatic rings. The number of rotatable bonds is 0. The van der Waals surface area contributed by atoms with E-state index in [0.29, 0.717) is 0 Å². The van der Waals surface area contributed by atoms with Crippen molar-refractivity contribution >= 4 is 13.4 Å². The van der Waals surface area contributed by atoms with Gasteiger partial charge in [0, 0.05) is 0 Å². The fraction of sp³-hybridized carbons (Fsp3) is 0.667. The summed E-state index contributed by atoms with van der Waals surface area (Å²) in [6.45, 7) is 13.0. The number of nitrogens with one attached hydrogen (secondary N) is 2. The lowest BCUT2D eigenvalue weighted by Crippen LogP contribution is -0.856. The van der Waals surface area contributed by atoms with E-state index in [0.717, 1.165) is 0 Å². The lowest BCUT2D eigenvalue weighted by Gasteiger charge is -1.07. The molecule has 52 valence electrons. The first-order chi connectivity index (χ1) is 4.00. The van der Waals surface area contributed by atoms with E-state index < -0.39 is 0 Å². The summed E-state index contributed by atoms with van der Waals surface area (Å²) < 4.78 is 0. The third kappa shape index (κ3) is 231. The molecular formula is C6H18N2. The minimum absolute atomic E-state index is 2.00. The quantitative estimate of drug-likeness (QED) is 0.459. The van der Waals surface area contributed by atoms with Crippen LogP contribution in [0.4, 0.5) is 0 Å². The summed E-state index contributed by atoms with van der Waals surface area (Å²) in [6, 6.07) is 0. The molecule has 0 radical (unpaired) electrons. The molecule has 0 fully saturated rings. The molecule has 0 spiro atoms. The fourth-order valence-electron chi connectivity index (χ4n) is 0. The summed E-state index contributed by atoms with van der Waals surface area (Å²) in [4.78, 5) is 0. The highest BCUT2D eigenvalue weighted by atomic mass is 14.2. The van der Waals surface area contributed by atoms with Crippen molar-refractivity contribution in [1.82, 2.24) is 0 Å². The number of hydrogen-bond donors (Lipinski definition) is 2. The maximum Gasteiger partial charge on any atom is -0.0187 e. The van der Waals surface area contributed by atoms with Crippen molar-refractivity contribution in [2.75, 3.05) is 0 Å². The molecule has 0 aliphatic carbocycles. The Morgan fingerprint density at radius 2 is 0.625 bits per heavy atom. The largest absolute Gasteiger partial charge is 0.317 e. The summed E-state index contributed by atoms with van der Waals surface area (Å²) in [5, 5.41) is 11.0. The summed E-state index contributed by atoms with van der Waals surface area (Å²) in [7, 11) is 0. The van der Waals surface area contributed by atoms with E-state index in [1.807, 2.05) is 27.7 Å². The van der Waals surface area contributed by atoms with Crippen LogP contribution in [0.15, 0.2) is 0 Å². The van der Waals surface area contributed by atoms with Crippen LogP contribution in [0.1, 0.15) is 27.7 Å². The van der Waals surface area contributed by atoms with Gasteiger partial charge in [-0.25, -0.2) is 0 Å². The topological polar surface area (TPSA) is 47.7 Å². The van der Waals surface area contributed by atoms with Gasteiger partial charge in [-0.2, -0.15) is 0 Å². The molecule has 0 saturated carbocycles. The Labute approximate surface area is 53.0 Å². The highest BCUT2D eigenvalue weighted by molar-refractivity contribution is 5.16. The first kappa shape index (κ1) is 26.4. The van der Waals surface area contributed by atoms with Crippen molar-refractivity contribution < 1.29 is 0 Å². The highest BCUT2D eigenvalue weighted by Gasteiger charge is 0.934. The Morgan fingerprint density at radius 3 is 0.625 bits per heavy atom. The van der Waals surface area contributed by atoms with Crippen LogP contribution < -0.4 is 0 Å². The Bertz CT molecular complexity index is 8.49. The van der Waals surface area contributed by atoms with Gasteiger partial charge in [-0.1, -0.05) is 27.7 Å². The number of hydrogen-bond acceptors (Lipinski definition) is 2. The van der Waals surface area contributed by atoms with E-state index in [-0.39, 0.29) is 0 Å². The molecule has 0 aliphatic heterocycles. The average molecular weight is 118 g/mol. The van der Waals surface area contributed by atoms with Crippen LogP contribution >= 0.6 is 0 Å². The molecule has 0 aliphatic rings. The first-order valence-corrected chi connectivity index (χ1v) is 2.71. The van der Waals surface area contributed by atoms with Crippen molar-refractivity contribution in [3.8, 4) is 0 Å². The second-order valence-corrected chi connectivity index (χ2v) is 0. The lowest BCUT2D eigenvalue weighted by atomic mass is 11.0. The van der Waals surface area contributed by atoms with Gasteiger partial charge in [-0.05, 0) is 13.4 Å². The second kappa shape index (κ2) is 415. The van der Waals surface area contributed by atoms with Gasteiger partial charge >= 0.3 is 0 Å². The van der Waals surface area contributed by atoms with Gasteiger partial charge in [0.05, 0.1) is 0 Å². The van der Waals surface area contributed by atoms with E-state index >= 15 is 0 Å². The van der Waals surface area contributed by atoms with E-state index in [1.165, 1.54) is 0 Å². The molecule has 8 heavy (non-hydrogen) atoms. The minimum Gasteiger partial charge on any atom is -0.317 e. The summed E-state index contributed by atoms with van der Waals surface area (Å²) in [5.74, 6) is 0. The van der Waals surface area contributed by atoms with Crippen LogP contribution in [0.2, 0.25) is 0 Å². The molecule has 2 nitrogen and oxygen atoms in total. The summed E-state index contributed by atoms with van der Waals surface area (Å²) in [6.07, 6.45) is 0. The second-order valence-electron chi connectivity index (χ2n) is 0. The average Bonchev–Trinajstić information content (AvgIpc) is 2.03. The third-order valence-electron chi connectivity index (χ3n) is 0. The molecule has 0 atom stereocenters.